The molecule has 0 saturated carbocycles. The van der Waals surface area contributed by atoms with E-state index in [4.69, 9.17) is 18.1 Å². The lowest BCUT2D eigenvalue weighted by atomic mass is 9.94. The summed E-state index contributed by atoms with van der Waals surface area (Å²) in [6.45, 7) is 3.38. The molecule has 1 aliphatic heterocycles. The number of hydrazine groups is 1. The van der Waals surface area contributed by atoms with Crippen LogP contribution in [0.4, 0.5) is 0 Å². The summed E-state index contributed by atoms with van der Waals surface area (Å²) < 4.78 is 0. The molecule has 5 heteroatoms. The van der Waals surface area contributed by atoms with Gasteiger partial charge in [-0.05, 0) is 57.5 Å². The average molecular weight is 216 g/mol. The van der Waals surface area contributed by atoms with E-state index in [1.165, 1.54) is 32.4 Å². The van der Waals surface area contributed by atoms with Crippen molar-refractivity contribution in [1.82, 2.24) is 15.6 Å². The van der Waals surface area contributed by atoms with Gasteiger partial charge in [-0.15, -0.1) is 0 Å². The van der Waals surface area contributed by atoms with Gasteiger partial charge in [0, 0.05) is 6.54 Å². The van der Waals surface area contributed by atoms with E-state index in [0.29, 0.717) is 5.11 Å². The molecule has 82 valence electrons. The van der Waals surface area contributed by atoms with Gasteiger partial charge in [-0.3, -0.25) is 0 Å². The van der Waals surface area contributed by atoms with E-state index in [-0.39, 0.29) is 0 Å². The Morgan fingerprint density at radius 2 is 2.14 bits per heavy atom. The molecule has 0 radical (unpaired) electrons. The number of piperidine rings is 1. The van der Waals surface area contributed by atoms with Crippen molar-refractivity contribution in [1.29, 1.82) is 0 Å². The van der Waals surface area contributed by atoms with Crippen molar-refractivity contribution in [3.8, 4) is 0 Å². The first kappa shape index (κ1) is 11.7. The lowest BCUT2D eigenvalue weighted by Crippen LogP contribution is -2.40. The number of hydrogen-bond acceptors (Lipinski definition) is 3. The fourth-order valence-electron chi connectivity index (χ4n) is 1.79. The molecule has 0 spiro atoms. The third-order valence-corrected chi connectivity index (χ3v) is 3.07. The predicted octanol–water partition coefficient (Wildman–Crippen LogP) is 0.0561. The van der Waals surface area contributed by atoms with Gasteiger partial charge in [0.2, 0.25) is 0 Å². The summed E-state index contributed by atoms with van der Waals surface area (Å²) in [5.74, 6) is 6.00. The van der Waals surface area contributed by atoms with Crippen molar-refractivity contribution in [2.45, 2.75) is 19.3 Å². The standard InChI is InChI=1S/C9H20N4S/c1-13-6-3-8(4-7-13)2-5-11-9(14)12-10/h8H,2-7,10H2,1H3,(H2,11,12,14). The van der Waals surface area contributed by atoms with Crippen LogP contribution in [-0.4, -0.2) is 36.7 Å². The van der Waals surface area contributed by atoms with Crippen LogP contribution in [0.25, 0.3) is 0 Å². The van der Waals surface area contributed by atoms with Crippen LogP contribution >= 0.6 is 12.2 Å². The van der Waals surface area contributed by atoms with Gasteiger partial charge < -0.3 is 15.6 Å². The third-order valence-electron chi connectivity index (χ3n) is 2.81. The number of nitrogens with zero attached hydrogens (tertiary/aromatic N) is 1. The number of thiocarbonyl (C=S) groups is 1. The molecule has 4 nitrogen and oxygen atoms in total. The third kappa shape index (κ3) is 4.21. The quantitative estimate of drug-likeness (QED) is 0.354. The van der Waals surface area contributed by atoms with E-state index in [2.05, 4.69) is 22.7 Å². The highest BCUT2D eigenvalue weighted by Crippen LogP contribution is 2.18. The van der Waals surface area contributed by atoms with Gasteiger partial charge in [0.05, 0.1) is 0 Å². The van der Waals surface area contributed by atoms with Crippen LogP contribution in [0.2, 0.25) is 0 Å². The van der Waals surface area contributed by atoms with Gasteiger partial charge in [0.15, 0.2) is 5.11 Å². The predicted molar refractivity (Wildman–Crippen MR) is 62.8 cm³/mol. The molecule has 0 bridgehead atoms. The van der Waals surface area contributed by atoms with Gasteiger partial charge in [-0.2, -0.15) is 0 Å². The van der Waals surface area contributed by atoms with Gasteiger partial charge in [-0.25, -0.2) is 5.84 Å². The maximum atomic E-state index is 5.15. The Balaban J connectivity index is 2.04. The van der Waals surface area contributed by atoms with E-state index in [1.54, 1.807) is 0 Å². The molecule has 0 aromatic carbocycles. The molecule has 1 rings (SSSR count). The number of rotatable bonds is 3. The van der Waals surface area contributed by atoms with Crippen LogP contribution < -0.4 is 16.6 Å². The SMILES string of the molecule is CN1CCC(CCNC(=S)NN)CC1. The minimum absolute atomic E-state index is 0.540. The summed E-state index contributed by atoms with van der Waals surface area (Å²) in [6, 6.07) is 0. The molecule has 1 fully saturated rings. The molecular weight excluding hydrogens is 196 g/mol. The van der Waals surface area contributed by atoms with Crippen molar-refractivity contribution >= 4 is 17.3 Å². The Morgan fingerprint density at radius 3 is 2.71 bits per heavy atom. The van der Waals surface area contributed by atoms with Crippen molar-refractivity contribution in [3.05, 3.63) is 0 Å². The van der Waals surface area contributed by atoms with Crippen molar-refractivity contribution in [2.75, 3.05) is 26.7 Å². The molecular formula is C9H20N4S. The first-order valence-electron chi connectivity index (χ1n) is 5.15. The summed E-state index contributed by atoms with van der Waals surface area (Å²) in [7, 11) is 2.18. The Labute approximate surface area is 91.2 Å². The average Bonchev–Trinajstić information content (AvgIpc) is 2.21. The zero-order valence-electron chi connectivity index (χ0n) is 8.75. The second-order valence-corrected chi connectivity index (χ2v) is 4.34. The maximum absolute atomic E-state index is 5.15. The van der Waals surface area contributed by atoms with Crippen LogP contribution in [0.15, 0.2) is 0 Å². The highest BCUT2D eigenvalue weighted by atomic mass is 32.1. The highest BCUT2D eigenvalue weighted by molar-refractivity contribution is 7.80. The molecule has 0 unspecified atom stereocenters. The fourth-order valence-corrected chi connectivity index (χ4v) is 1.89. The molecule has 0 atom stereocenters. The molecule has 0 aromatic heterocycles. The van der Waals surface area contributed by atoms with Gasteiger partial charge in [0.1, 0.15) is 0 Å². The second-order valence-electron chi connectivity index (χ2n) is 3.94. The van der Waals surface area contributed by atoms with E-state index < -0.39 is 0 Å². The molecule has 1 heterocycles. The molecule has 1 saturated heterocycles. The van der Waals surface area contributed by atoms with Crippen LogP contribution in [0.1, 0.15) is 19.3 Å². The zero-order valence-corrected chi connectivity index (χ0v) is 9.57. The number of likely N-dealkylation sites (tertiary alicyclic amines) is 1. The van der Waals surface area contributed by atoms with Crippen molar-refractivity contribution < 1.29 is 0 Å². The van der Waals surface area contributed by atoms with Crippen LogP contribution in [0, 0.1) is 5.92 Å². The largest absolute Gasteiger partial charge is 0.362 e. The highest BCUT2D eigenvalue weighted by Gasteiger charge is 2.15. The maximum Gasteiger partial charge on any atom is 0.180 e. The number of hydrogen-bond donors (Lipinski definition) is 3. The Morgan fingerprint density at radius 1 is 1.50 bits per heavy atom. The fraction of sp³-hybridized carbons (Fsp3) is 0.889. The summed E-state index contributed by atoms with van der Waals surface area (Å²) >= 11 is 4.89. The van der Waals surface area contributed by atoms with Gasteiger partial charge >= 0.3 is 0 Å². The van der Waals surface area contributed by atoms with Crippen LogP contribution in [0.5, 0.6) is 0 Å². The summed E-state index contributed by atoms with van der Waals surface area (Å²) in [4.78, 5) is 2.38. The molecule has 4 N–H and O–H groups in total. The minimum atomic E-state index is 0.540. The summed E-state index contributed by atoms with van der Waals surface area (Å²) in [5, 5.41) is 3.61. The monoisotopic (exact) mass is 216 g/mol. The van der Waals surface area contributed by atoms with Crippen molar-refractivity contribution in [3.63, 3.8) is 0 Å². The summed E-state index contributed by atoms with van der Waals surface area (Å²) in [6.07, 6.45) is 3.80. The Kier molecular flexibility index (Phi) is 5.14. The molecule has 1 aliphatic rings. The number of nitrogens with one attached hydrogen (secondary N) is 2. The molecule has 0 aliphatic carbocycles. The normalized spacial score (nSPS) is 19.3. The lowest BCUT2D eigenvalue weighted by Gasteiger charge is -2.28. The van der Waals surface area contributed by atoms with Gasteiger partial charge in [0.25, 0.3) is 0 Å². The van der Waals surface area contributed by atoms with E-state index >= 15 is 0 Å². The Bertz CT molecular complexity index is 178. The molecule has 14 heavy (non-hydrogen) atoms. The van der Waals surface area contributed by atoms with Crippen LogP contribution in [0.3, 0.4) is 0 Å². The van der Waals surface area contributed by atoms with Crippen molar-refractivity contribution in [2.24, 2.45) is 11.8 Å². The van der Waals surface area contributed by atoms with E-state index in [9.17, 15) is 0 Å². The van der Waals surface area contributed by atoms with E-state index in [1.807, 2.05) is 0 Å². The Hall–Kier alpha value is -0.390. The molecule has 0 amide bonds. The smallest absolute Gasteiger partial charge is 0.180 e. The second kappa shape index (κ2) is 6.16. The van der Waals surface area contributed by atoms with Gasteiger partial charge in [-0.1, -0.05) is 0 Å². The molecule has 0 aromatic rings. The lowest BCUT2D eigenvalue weighted by molar-refractivity contribution is 0.213. The summed E-state index contributed by atoms with van der Waals surface area (Å²) in [5.41, 5.74) is 2.42. The zero-order chi connectivity index (χ0) is 10.4. The van der Waals surface area contributed by atoms with E-state index in [0.717, 1.165) is 12.5 Å². The first-order chi connectivity index (χ1) is 6.72. The first-order valence-corrected chi connectivity index (χ1v) is 5.56. The van der Waals surface area contributed by atoms with Crippen LogP contribution in [-0.2, 0) is 0 Å². The minimum Gasteiger partial charge on any atom is -0.362 e. The topological polar surface area (TPSA) is 53.3 Å². The number of nitrogens with two attached hydrogens (primary N) is 1.